The fourth-order valence-electron chi connectivity index (χ4n) is 2.03. The molecule has 0 aliphatic heterocycles. The van der Waals surface area contributed by atoms with Gasteiger partial charge in [-0.3, -0.25) is 4.79 Å². The Kier molecular flexibility index (Phi) is 5.92. The number of hydrogen-bond acceptors (Lipinski definition) is 8. The highest BCUT2D eigenvalue weighted by molar-refractivity contribution is 7.99. The number of aromatic nitrogens is 3. The molecule has 1 aromatic carbocycles. The van der Waals surface area contributed by atoms with Crippen LogP contribution in [0.1, 0.15) is 6.42 Å². The van der Waals surface area contributed by atoms with Gasteiger partial charge in [-0.1, -0.05) is 35.5 Å². The Morgan fingerprint density at radius 3 is 2.54 bits per heavy atom. The number of nitrogens with zero attached hydrogens (tertiary/aromatic N) is 3. The summed E-state index contributed by atoms with van der Waals surface area (Å²) in [4.78, 5) is 24.6. The highest BCUT2D eigenvalue weighted by Gasteiger charge is 2.09. The van der Waals surface area contributed by atoms with Gasteiger partial charge in [-0.05, 0) is 12.1 Å². The Bertz CT molecular complexity index is 895. The molecule has 3 rings (SSSR count). The number of rotatable bonds is 6. The SMILES string of the molecule is Nc1cc(N)nc(SCCC(=O)Nc2nc(-c3ccc(Cl)cc3)cs2)n1. The third-order valence-electron chi connectivity index (χ3n) is 3.20. The third kappa shape index (κ3) is 5.07. The Balaban J connectivity index is 1.51. The molecule has 26 heavy (non-hydrogen) atoms. The number of thiazole rings is 1. The minimum Gasteiger partial charge on any atom is -0.383 e. The van der Waals surface area contributed by atoms with Crippen molar-refractivity contribution in [2.45, 2.75) is 11.6 Å². The van der Waals surface area contributed by atoms with E-state index in [1.807, 2.05) is 17.5 Å². The van der Waals surface area contributed by atoms with Crippen molar-refractivity contribution < 1.29 is 4.79 Å². The summed E-state index contributed by atoms with van der Waals surface area (Å²) in [5.74, 6) is 0.986. The first-order valence-electron chi connectivity index (χ1n) is 7.54. The van der Waals surface area contributed by atoms with Gasteiger partial charge >= 0.3 is 0 Å². The van der Waals surface area contributed by atoms with Gasteiger partial charge in [0.25, 0.3) is 0 Å². The zero-order valence-corrected chi connectivity index (χ0v) is 15.9. The molecule has 0 aliphatic carbocycles. The molecule has 0 unspecified atom stereocenters. The lowest BCUT2D eigenvalue weighted by atomic mass is 10.2. The third-order valence-corrected chi connectivity index (χ3v) is 5.05. The number of thioether (sulfide) groups is 1. The van der Waals surface area contributed by atoms with E-state index in [1.165, 1.54) is 29.2 Å². The Morgan fingerprint density at radius 2 is 1.85 bits per heavy atom. The van der Waals surface area contributed by atoms with Gasteiger partial charge in [-0.25, -0.2) is 15.0 Å². The van der Waals surface area contributed by atoms with Crippen LogP contribution in [-0.4, -0.2) is 26.6 Å². The largest absolute Gasteiger partial charge is 0.383 e. The number of nitrogens with two attached hydrogens (primary N) is 2. The van der Waals surface area contributed by atoms with Gasteiger partial charge < -0.3 is 16.8 Å². The van der Waals surface area contributed by atoms with Gasteiger partial charge in [0.05, 0.1) is 5.69 Å². The molecular weight excluding hydrogens is 392 g/mol. The average Bonchev–Trinajstić information content (AvgIpc) is 3.03. The van der Waals surface area contributed by atoms with E-state index in [2.05, 4.69) is 20.3 Å². The molecule has 2 aromatic heterocycles. The number of anilines is 3. The Morgan fingerprint density at radius 1 is 1.15 bits per heavy atom. The summed E-state index contributed by atoms with van der Waals surface area (Å²) in [5, 5.41) is 6.35. The molecule has 10 heteroatoms. The Hall–Kier alpha value is -2.36. The molecule has 0 radical (unpaired) electrons. The smallest absolute Gasteiger partial charge is 0.226 e. The van der Waals surface area contributed by atoms with Gasteiger partial charge in [0.1, 0.15) is 11.6 Å². The number of amides is 1. The van der Waals surface area contributed by atoms with Crippen molar-refractivity contribution in [1.29, 1.82) is 0 Å². The lowest BCUT2D eigenvalue weighted by Crippen LogP contribution is -2.12. The minimum absolute atomic E-state index is 0.133. The van der Waals surface area contributed by atoms with Crippen molar-refractivity contribution >= 4 is 57.4 Å². The summed E-state index contributed by atoms with van der Waals surface area (Å²) < 4.78 is 0. The van der Waals surface area contributed by atoms with Crippen LogP contribution in [0.2, 0.25) is 5.02 Å². The molecule has 7 nitrogen and oxygen atoms in total. The molecule has 0 fully saturated rings. The fourth-order valence-corrected chi connectivity index (χ4v) is 3.70. The molecule has 0 atom stereocenters. The molecule has 3 aromatic rings. The second-order valence-electron chi connectivity index (χ2n) is 5.19. The maximum atomic E-state index is 12.1. The summed E-state index contributed by atoms with van der Waals surface area (Å²) in [6, 6.07) is 8.86. The van der Waals surface area contributed by atoms with Gasteiger partial charge in [0.2, 0.25) is 5.91 Å². The molecule has 0 bridgehead atoms. The maximum absolute atomic E-state index is 12.1. The van der Waals surface area contributed by atoms with Gasteiger partial charge in [0.15, 0.2) is 10.3 Å². The standard InChI is InChI=1S/C16H15ClN6OS2/c17-10-3-1-9(2-4-10)11-8-26-15(20-11)23-14(24)5-6-25-16-21-12(18)7-13(19)22-16/h1-4,7-8H,5-6H2,(H,20,23,24)(H4,18,19,21,22). The predicted molar refractivity (Wildman–Crippen MR) is 107 cm³/mol. The lowest BCUT2D eigenvalue weighted by Gasteiger charge is -2.03. The molecule has 1 amide bonds. The quantitative estimate of drug-likeness (QED) is 0.423. The van der Waals surface area contributed by atoms with E-state index in [1.54, 1.807) is 12.1 Å². The van der Waals surface area contributed by atoms with E-state index in [0.29, 0.717) is 39.1 Å². The van der Waals surface area contributed by atoms with Crippen LogP contribution in [0.25, 0.3) is 11.3 Å². The summed E-state index contributed by atoms with van der Waals surface area (Å²) in [5.41, 5.74) is 13.0. The normalized spacial score (nSPS) is 10.7. The number of carbonyl (C=O) groups is 1. The first kappa shape index (κ1) is 18.4. The van der Waals surface area contributed by atoms with E-state index >= 15 is 0 Å². The molecule has 0 saturated heterocycles. The van der Waals surface area contributed by atoms with Crippen LogP contribution >= 0.6 is 34.7 Å². The summed E-state index contributed by atoms with van der Waals surface area (Å²) in [6.07, 6.45) is 0.290. The van der Waals surface area contributed by atoms with Crippen molar-refractivity contribution in [3.8, 4) is 11.3 Å². The number of hydrogen-bond donors (Lipinski definition) is 3. The second-order valence-corrected chi connectivity index (χ2v) is 7.55. The van der Waals surface area contributed by atoms with E-state index in [9.17, 15) is 4.79 Å². The molecule has 2 heterocycles. The van der Waals surface area contributed by atoms with Crippen LogP contribution in [0.15, 0.2) is 40.9 Å². The van der Waals surface area contributed by atoms with Gasteiger partial charge in [-0.15, -0.1) is 11.3 Å². The highest BCUT2D eigenvalue weighted by Crippen LogP contribution is 2.26. The molecular formula is C16H15ClN6OS2. The zero-order valence-electron chi connectivity index (χ0n) is 13.5. The van der Waals surface area contributed by atoms with E-state index in [4.69, 9.17) is 23.1 Å². The van der Waals surface area contributed by atoms with E-state index in [0.717, 1.165) is 11.3 Å². The molecule has 0 spiro atoms. The summed E-state index contributed by atoms with van der Waals surface area (Å²) in [7, 11) is 0. The van der Waals surface area contributed by atoms with Crippen LogP contribution < -0.4 is 16.8 Å². The number of benzene rings is 1. The van der Waals surface area contributed by atoms with E-state index < -0.39 is 0 Å². The summed E-state index contributed by atoms with van der Waals surface area (Å²) in [6.45, 7) is 0. The lowest BCUT2D eigenvalue weighted by molar-refractivity contribution is -0.115. The van der Waals surface area contributed by atoms with Crippen LogP contribution in [0.3, 0.4) is 0 Å². The molecule has 0 saturated carbocycles. The van der Waals surface area contributed by atoms with Crippen LogP contribution in [0, 0.1) is 0 Å². The molecule has 5 N–H and O–H groups in total. The first-order chi connectivity index (χ1) is 12.5. The van der Waals surface area contributed by atoms with Crippen LogP contribution in [0.5, 0.6) is 0 Å². The number of nitrogens with one attached hydrogen (secondary N) is 1. The zero-order chi connectivity index (χ0) is 18.5. The maximum Gasteiger partial charge on any atom is 0.226 e. The van der Waals surface area contributed by atoms with Crippen molar-refractivity contribution in [1.82, 2.24) is 15.0 Å². The Labute approximate surface area is 163 Å². The fraction of sp³-hybridized carbons (Fsp3) is 0.125. The van der Waals surface area contributed by atoms with Crippen LogP contribution in [0.4, 0.5) is 16.8 Å². The van der Waals surface area contributed by atoms with E-state index in [-0.39, 0.29) is 5.91 Å². The van der Waals surface area contributed by atoms with Crippen molar-refractivity contribution in [3.63, 3.8) is 0 Å². The minimum atomic E-state index is -0.133. The monoisotopic (exact) mass is 406 g/mol. The second kappa shape index (κ2) is 8.35. The van der Waals surface area contributed by atoms with Crippen molar-refractivity contribution in [3.05, 3.63) is 40.7 Å². The van der Waals surface area contributed by atoms with Gasteiger partial charge in [0, 0.05) is 34.2 Å². The average molecular weight is 407 g/mol. The molecule has 134 valence electrons. The number of carbonyl (C=O) groups excluding carboxylic acids is 1. The predicted octanol–water partition coefficient (Wildman–Crippen LogP) is 3.54. The van der Waals surface area contributed by atoms with Crippen LogP contribution in [-0.2, 0) is 4.79 Å². The van der Waals surface area contributed by atoms with Crippen molar-refractivity contribution in [2.24, 2.45) is 0 Å². The molecule has 0 aliphatic rings. The van der Waals surface area contributed by atoms with Crippen molar-refractivity contribution in [2.75, 3.05) is 22.5 Å². The highest BCUT2D eigenvalue weighted by atomic mass is 35.5. The topological polar surface area (TPSA) is 120 Å². The van der Waals surface area contributed by atoms with Gasteiger partial charge in [-0.2, -0.15) is 0 Å². The summed E-state index contributed by atoms with van der Waals surface area (Å²) >= 11 is 8.57. The first-order valence-corrected chi connectivity index (χ1v) is 9.78. The number of halogens is 1. The number of nitrogen functional groups attached to an aromatic ring is 2.